The van der Waals surface area contributed by atoms with Crippen molar-refractivity contribution >= 4 is 0 Å². The molecule has 0 saturated heterocycles. The van der Waals surface area contributed by atoms with Crippen molar-refractivity contribution in [2.45, 2.75) is 65.7 Å². The highest BCUT2D eigenvalue weighted by atomic mass is 19.4. The first-order valence-electron chi connectivity index (χ1n) is 6.19. The Morgan fingerprint density at radius 3 is 1.65 bits per heavy atom. The van der Waals surface area contributed by atoms with Crippen molar-refractivity contribution in [1.82, 2.24) is 4.90 Å². The Balaban J connectivity index is 5.02. The first-order valence-corrected chi connectivity index (χ1v) is 6.19. The predicted octanol–water partition coefficient (Wildman–Crippen LogP) is 4.33. The second-order valence-electron chi connectivity index (χ2n) is 6.25. The van der Waals surface area contributed by atoms with Gasteiger partial charge in [-0.2, -0.15) is 13.2 Å². The van der Waals surface area contributed by atoms with Crippen LogP contribution in [0.5, 0.6) is 0 Å². The molecule has 0 aromatic rings. The maximum Gasteiger partial charge on any atom is 0.404 e. The molecule has 0 spiro atoms. The molecular formula is C13H26F3N. The van der Waals surface area contributed by atoms with Gasteiger partial charge in [-0.1, -0.05) is 27.7 Å². The van der Waals surface area contributed by atoms with Crippen LogP contribution in [0, 0.1) is 11.8 Å². The van der Waals surface area contributed by atoms with Crippen molar-refractivity contribution in [2.24, 2.45) is 11.8 Å². The van der Waals surface area contributed by atoms with Crippen molar-refractivity contribution in [2.75, 3.05) is 7.05 Å². The summed E-state index contributed by atoms with van der Waals surface area (Å²) >= 11 is 0. The van der Waals surface area contributed by atoms with Crippen molar-refractivity contribution in [3.05, 3.63) is 0 Å². The van der Waals surface area contributed by atoms with Crippen LogP contribution in [-0.4, -0.2) is 29.7 Å². The second kappa shape index (κ2) is 5.59. The molecule has 0 aromatic carbocycles. The van der Waals surface area contributed by atoms with Crippen molar-refractivity contribution < 1.29 is 13.2 Å². The van der Waals surface area contributed by atoms with E-state index >= 15 is 0 Å². The lowest BCUT2D eigenvalue weighted by Crippen LogP contribution is -2.56. The standard InChI is InChI=1S/C13H26F3N/c1-9(2)8-12(5,6)17(7)11(10(3)4)13(14,15)16/h9-11H,8H2,1-7H3/t11-/m0/s1. The van der Waals surface area contributed by atoms with Gasteiger partial charge >= 0.3 is 6.18 Å². The molecule has 104 valence electrons. The maximum absolute atomic E-state index is 13.0. The Morgan fingerprint density at radius 2 is 1.41 bits per heavy atom. The summed E-state index contributed by atoms with van der Waals surface area (Å²) in [6.07, 6.45) is -3.42. The average molecular weight is 253 g/mol. The van der Waals surface area contributed by atoms with Crippen LogP contribution in [0.15, 0.2) is 0 Å². The summed E-state index contributed by atoms with van der Waals surface area (Å²) in [5, 5.41) is 0. The molecule has 4 heteroatoms. The number of nitrogens with zero attached hydrogens (tertiary/aromatic N) is 1. The van der Waals surface area contributed by atoms with Crippen LogP contribution >= 0.6 is 0 Å². The Labute approximate surface area is 103 Å². The molecular weight excluding hydrogens is 227 g/mol. The van der Waals surface area contributed by atoms with E-state index in [1.807, 2.05) is 27.7 Å². The van der Waals surface area contributed by atoms with Gasteiger partial charge in [-0.05, 0) is 39.2 Å². The summed E-state index contributed by atoms with van der Waals surface area (Å²) in [6, 6.07) is -1.38. The molecule has 0 heterocycles. The summed E-state index contributed by atoms with van der Waals surface area (Å²) in [6.45, 7) is 11.1. The number of alkyl halides is 3. The monoisotopic (exact) mass is 253 g/mol. The van der Waals surface area contributed by atoms with E-state index in [0.29, 0.717) is 5.92 Å². The minimum absolute atomic E-state index is 0.383. The quantitative estimate of drug-likeness (QED) is 0.705. The van der Waals surface area contributed by atoms with Gasteiger partial charge in [-0.25, -0.2) is 0 Å². The zero-order valence-corrected chi connectivity index (χ0v) is 12.0. The minimum Gasteiger partial charge on any atom is -0.290 e. The van der Waals surface area contributed by atoms with Gasteiger partial charge in [0.1, 0.15) is 6.04 Å². The molecule has 0 aromatic heterocycles. The smallest absolute Gasteiger partial charge is 0.290 e. The largest absolute Gasteiger partial charge is 0.404 e. The van der Waals surface area contributed by atoms with E-state index < -0.39 is 23.7 Å². The zero-order valence-electron chi connectivity index (χ0n) is 12.0. The van der Waals surface area contributed by atoms with E-state index in [9.17, 15) is 13.2 Å². The SMILES string of the molecule is CC(C)CC(C)(C)N(C)[C@@H](C(C)C)C(F)(F)F. The van der Waals surface area contributed by atoms with Gasteiger partial charge in [0.05, 0.1) is 0 Å². The van der Waals surface area contributed by atoms with Gasteiger partial charge in [0.2, 0.25) is 0 Å². The summed E-state index contributed by atoms with van der Waals surface area (Å²) in [5.41, 5.74) is -0.446. The first-order chi connectivity index (χ1) is 7.39. The van der Waals surface area contributed by atoms with Gasteiger partial charge < -0.3 is 0 Å². The third kappa shape index (κ3) is 4.86. The fourth-order valence-corrected chi connectivity index (χ4v) is 2.56. The molecule has 0 aliphatic carbocycles. The van der Waals surface area contributed by atoms with Crippen LogP contribution in [0.3, 0.4) is 0 Å². The van der Waals surface area contributed by atoms with E-state index in [4.69, 9.17) is 0 Å². The summed E-state index contributed by atoms with van der Waals surface area (Å²) in [5.74, 6) is -0.0556. The van der Waals surface area contributed by atoms with Gasteiger partial charge in [-0.15, -0.1) is 0 Å². The molecule has 0 bridgehead atoms. The van der Waals surface area contributed by atoms with Crippen LogP contribution in [-0.2, 0) is 0 Å². The Hall–Kier alpha value is -0.250. The zero-order chi connectivity index (χ0) is 14.0. The van der Waals surface area contributed by atoms with Crippen LogP contribution in [0.25, 0.3) is 0 Å². The summed E-state index contributed by atoms with van der Waals surface area (Å²) < 4.78 is 39.1. The topological polar surface area (TPSA) is 3.24 Å². The average Bonchev–Trinajstić information content (AvgIpc) is 1.96. The number of hydrogen-bond donors (Lipinski definition) is 0. The first kappa shape index (κ1) is 16.8. The van der Waals surface area contributed by atoms with Crippen LogP contribution in [0.4, 0.5) is 13.2 Å². The number of hydrogen-bond acceptors (Lipinski definition) is 1. The van der Waals surface area contributed by atoms with E-state index in [1.165, 1.54) is 4.90 Å². The van der Waals surface area contributed by atoms with Crippen LogP contribution < -0.4 is 0 Å². The van der Waals surface area contributed by atoms with Gasteiger partial charge in [-0.3, -0.25) is 4.90 Å². The molecule has 1 nitrogen and oxygen atoms in total. The summed E-state index contributed by atoms with van der Waals surface area (Å²) in [7, 11) is 1.58. The highest BCUT2D eigenvalue weighted by Gasteiger charge is 2.47. The van der Waals surface area contributed by atoms with E-state index in [-0.39, 0.29) is 0 Å². The third-order valence-corrected chi connectivity index (χ3v) is 3.25. The van der Waals surface area contributed by atoms with Gasteiger partial charge in [0, 0.05) is 5.54 Å². The molecule has 0 radical (unpaired) electrons. The molecule has 0 aliphatic rings. The Kier molecular flexibility index (Phi) is 5.51. The molecule has 0 unspecified atom stereocenters. The Morgan fingerprint density at radius 1 is 1.00 bits per heavy atom. The number of halogens is 3. The van der Waals surface area contributed by atoms with E-state index in [1.54, 1.807) is 20.9 Å². The van der Waals surface area contributed by atoms with Crippen molar-refractivity contribution in [3.63, 3.8) is 0 Å². The molecule has 0 N–H and O–H groups in total. The van der Waals surface area contributed by atoms with E-state index in [0.717, 1.165) is 6.42 Å². The van der Waals surface area contributed by atoms with Gasteiger partial charge in [0.15, 0.2) is 0 Å². The highest BCUT2D eigenvalue weighted by Crippen LogP contribution is 2.35. The maximum atomic E-state index is 13.0. The molecule has 1 atom stereocenters. The van der Waals surface area contributed by atoms with Gasteiger partial charge in [0.25, 0.3) is 0 Å². The van der Waals surface area contributed by atoms with Crippen molar-refractivity contribution in [1.29, 1.82) is 0 Å². The van der Waals surface area contributed by atoms with E-state index in [2.05, 4.69) is 0 Å². The fourth-order valence-electron chi connectivity index (χ4n) is 2.56. The van der Waals surface area contributed by atoms with Crippen molar-refractivity contribution in [3.8, 4) is 0 Å². The lowest BCUT2D eigenvalue weighted by atomic mass is 9.88. The fraction of sp³-hybridized carbons (Fsp3) is 1.00. The lowest BCUT2D eigenvalue weighted by Gasteiger charge is -2.44. The third-order valence-electron chi connectivity index (χ3n) is 3.25. The molecule has 0 saturated carbocycles. The normalized spacial score (nSPS) is 16.1. The second-order valence-corrected chi connectivity index (χ2v) is 6.25. The molecule has 0 rings (SSSR count). The molecule has 0 amide bonds. The predicted molar refractivity (Wildman–Crippen MR) is 66.0 cm³/mol. The molecule has 17 heavy (non-hydrogen) atoms. The Bertz CT molecular complexity index is 231. The highest BCUT2D eigenvalue weighted by molar-refractivity contribution is 4.90. The lowest BCUT2D eigenvalue weighted by molar-refractivity contribution is -0.205. The minimum atomic E-state index is -4.17. The number of rotatable bonds is 5. The van der Waals surface area contributed by atoms with Crippen LogP contribution in [0.1, 0.15) is 48.0 Å². The molecule has 0 fully saturated rings. The van der Waals surface area contributed by atoms with Crippen LogP contribution in [0.2, 0.25) is 0 Å². The summed E-state index contributed by atoms with van der Waals surface area (Å²) in [4.78, 5) is 1.48. The molecule has 0 aliphatic heterocycles.